The van der Waals surface area contributed by atoms with Crippen LogP contribution in [0.5, 0.6) is 0 Å². The summed E-state index contributed by atoms with van der Waals surface area (Å²) in [6.45, 7) is 8.68. The van der Waals surface area contributed by atoms with E-state index in [1.807, 2.05) is 21.8 Å². The maximum atomic E-state index is 13.0. The molecule has 0 bridgehead atoms. The summed E-state index contributed by atoms with van der Waals surface area (Å²) in [6.07, 6.45) is 14.9. The Morgan fingerprint density at radius 1 is 0.906 bits per heavy atom. The fraction of sp³-hybridized carbons (Fsp3) is 0.511. The van der Waals surface area contributed by atoms with E-state index in [0.717, 1.165) is 106 Å². The van der Waals surface area contributed by atoms with E-state index in [4.69, 9.17) is 30.2 Å². The van der Waals surface area contributed by atoms with Crippen LogP contribution in [0.4, 0.5) is 11.5 Å². The maximum absolute atomic E-state index is 13.0. The molecule has 3 aliphatic heterocycles. The van der Waals surface area contributed by atoms with Crippen LogP contribution in [-0.2, 0) is 19.2 Å². The first-order chi connectivity index (χ1) is 31.1. The largest absolute Gasteiger partial charge is 0.483 e. The molecule has 64 heavy (non-hydrogen) atoms. The van der Waals surface area contributed by atoms with Crippen LogP contribution in [0.25, 0.3) is 33.7 Å². The van der Waals surface area contributed by atoms with Crippen LogP contribution in [0, 0.1) is 0 Å². The van der Waals surface area contributed by atoms with E-state index in [1.54, 1.807) is 0 Å². The molecular formula is C47H59N11O6. The molecule has 9 rings (SSSR count). The first-order valence-corrected chi connectivity index (χ1v) is 22.8. The van der Waals surface area contributed by atoms with Gasteiger partial charge in [-0.25, -0.2) is 14.6 Å². The molecule has 1 saturated carbocycles. The Balaban J connectivity index is 0.00000182. The molecule has 0 radical (unpaired) electrons. The number of carbonyl (C=O) groups is 4. The number of likely N-dealkylation sites (tertiary alicyclic amines) is 2. The molecule has 3 amide bonds. The van der Waals surface area contributed by atoms with Gasteiger partial charge in [0.25, 0.3) is 6.47 Å². The molecule has 1 unspecified atom stereocenters. The normalized spacial score (nSPS) is 18.4. The lowest BCUT2D eigenvalue weighted by atomic mass is 9.89. The first kappa shape index (κ1) is 44.4. The van der Waals surface area contributed by atoms with Gasteiger partial charge in [0.1, 0.15) is 35.3 Å². The maximum Gasteiger partial charge on any atom is 0.290 e. The molecule has 0 spiro atoms. The van der Waals surface area contributed by atoms with Gasteiger partial charge in [0.05, 0.1) is 16.6 Å². The summed E-state index contributed by atoms with van der Waals surface area (Å²) in [7, 11) is 0. The van der Waals surface area contributed by atoms with Crippen LogP contribution in [0.3, 0.4) is 0 Å². The molecule has 5 aromatic rings. The topological polar surface area (TPSA) is 228 Å². The van der Waals surface area contributed by atoms with Gasteiger partial charge in [-0.15, -0.1) is 0 Å². The van der Waals surface area contributed by atoms with Crippen LogP contribution in [0.1, 0.15) is 132 Å². The van der Waals surface area contributed by atoms with E-state index in [1.165, 1.54) is 24.7 Å². The van der Waals surface area contributed by atoms with Crippen molar-refractivity contribution in [1.29, 1.82) is 0 Å². The van der Waals surface area contributed by atoms with Crippen molar-refractivity contribution >= 4 is 46.7 Å². The molecule has 338 valence electrons. The number of aromatic nitrogens is 6. The summed E-state index contributed by atoms with van der Waals surface area (Å²) in [5, 5.41) is 22.7. The molecule has 3 saturated heterocycles. The minimum atomic E-state index is -0.360. The first-order valence-electron chi connectivity index (χ1n) is 22.8. The number of amides is 3. The third-order valence-corrected chi connectivity index (χ3v) is 13.1. The van der Waals surface area contributed by atoms with E-state index in [-0.39, 0.29) is 42.2 Å². The number of carbonyl (C=O) groups excluding carboxylic acids is 3. The van der Waals surface area contributed by atoms with Gasteiger partial charge in [0, 0.05) is 55.7 Å². The van der Waals surface area contributed by atoms with Crippen molar-refractivity contribution in [3.63, 3.8) is 0 Å². The van der Waals surface area contributed by atoms with Crippen molar-refractivity contribution in [2.75, 3.05) is 43.8 Å². The highest BCUT2D eigenvalue weighted by Crippen LogP contribution is 2.48. The van der Waals surface area contributed by atoms with Crippen molar-refractivity contribution in [2.45, 2.75) is 121 Å². The zero-order valence-corrected chi connectivity index (χ0v) is 36.7. The summed E-state index contributed by atoms with van der Waals surface area (Å²) in [5.74, 6) is 2.14. The van der Waals surface area contributed by atoms with Gasteiger partial charge in [-0.05, 0) is 114 Å². The van der Waals surface area contributed by atoms with Gasteiger partial charge < -0.3 is 30.5 Å². The minimum absolute atomic E-state index is 0.0608. The van der Waals surface area contributed by atoms with E-state index < -0.39 is 0 Å². The molecule has 1 atom stereocenters. The van der Waals surface area contributed by atoms with E-state index in [0.29, 0.717) is 59.3 Å². The average Bonchev–Trinajstić information content (AvgIpc) is 3.90. The number of hydrogen-bond acceptors (Lipinski definition) is 13. The van der Waals surface area contributed by atoms with Gasteiger partial charge in [-0.1, -0.05) is 42.6 Å². The molecule has 4 aliphatic rings. The van der Waals surface area contributed by atoms with Gasteiger partial charge in [0.15, 0.2) is 5.65 Å². The molecule has 17 heteroatoms. The van der Waals surface area contributed by atoms with Crippen LogP contribution in [0.2, 0.25) is 0 Å². The summed E-state index contributed by atoms with van der Waals surface area (Å²) >= 11 is 0. The second kappa shape index (κ2) is 20.1. The summed E-state index contributed by atoms with van der Waals surface area (Å²) < 4.78 is 7.83. The van der Waals surface area contributed by atoms with Crippen LogP contribution in [-0.4, -0.2) is 108 Å². The highest BCUT2D eigenvalue weighted by Gasteiger charge is 2.36. The Bertz CT molecular complexity index is 2410. The number of nitrogens with zero attached hydrogens (tertiary/aromatic N) is 8. The minimum Gasteiger partial charge on any atom is -0.483 e. The van der Waals surface area contributed by atoms with Crippen molar-refractivity contribution in [3.05, 3.63) is 65.8 Å². The monoisotopic (exact) mass is 873 g/mol. The zero-order chi connectivity index (χ0) is 44.7. The SMILES string of the molecule is CC(C)n1nc(-c2noc(C3CC3)c2-c2ccc(C3CN(C(=O)CCCCCCCN4CCC(c5ccc(NC6CCC(=O)NC6=O)cc5)CC4)C3)cn2)c2c(N)ncnc21.O=CO. The number of nitrogen functional groups attached to an aromatic ring is 1. The smallest absolute Gasteiger partial charge is 0.290 e. The second-order valence-corrected chi connectivity index (χ2v) is 17.9. The van der Waals surface area contributed by atoms with Gasteiger partial charge in [-0.2, -0.15) is 5.10 Å². The van der Waals surface area contributed by atoms with Crippen molar-refractivity contribution in [3.8, 4) is 22.6 Å². The van der Waals surface area contributed by atoms with Gasteiger partial charge >= 0.3 is 0 Å². The highest BCUT2D eigenvalue weighted by atomic mass is 16.5. The average molecular weight is 874 g/mol. The molecule has 1 aliphatic carbocycles. The Labute approximate surface area is 372 Å². The summed E-state index contributed by atoms with van der Waals surface area (Å²) in [5.41, 5.74) is 13.3. The molecule has 1 aromatic carbocycles. The number of imide groups is 1. The van der Waals surface area contributed by atoms with Crippen molar-refractivity contribution in [1.82, 2.24) is 45.0 Å². The number of anilines is 2. The van der Waals surface area contributed by atoms with Gasteiger partial charge in [-0.3, -0.25) is 29.5 Å². The van der Waals surface area contributed by atoms with Crippen molar-refractivity contribution < 1.29 is 28.8 Å². The Hall–Kier alpha value is -6.23. The third-order valence-electron chi connectivity index (χ3n) is 13.1. The number of pyridine rings is 1. The summed E-state index contributed by atoms with van der Waals surface area (Å²) in [4.78, 5) is 63.2. The number of benzene rings is 1. The number of nitrogens with one attached hydrogen (secondary N) is 2. The molecule has 17 nitrogen and oxygen atoms in total. The Kier molecular flexibility index (Phi) is 13.9. The number of carboxylic acid groups (broad SMARTS) is 1. The van der Waals surface area contributed by atoms with Crippen LogP contribution >= 0.6 is 0 Å². The molecular weight excluding hydrogens is 815 g/mol. The quantitative estimate of drug-likeness (QED) is 0.0463. The number of unbranched alkanes of at least 4 members (excludes halogenated alkanes) is 4. The summed E-state index contributed by atoms with van der Waals surface area (Å²) in [6, 6.07) is 12.3. The van der Waals surface area contributed by atoms with E-state index >= 15 is 0 Å². The molecule has 4 fully saturated rings. The predicted octanol–water partition coefficient (Wildman–Crippen LogP) is 6.65. The fourth-order valence-electron chi connectivity index (χ4n) is 9.22. The lowest BCUT2D eigenvalue weighted by molar-refractivity contribution is -0.136. The number of hydrogen-bond donors (Lipinski definition) is 4. The Morgan fingerprint density at radius 3 is 2.31 bits per heavy atom. The molecule has 5 N–H and O–H groups in total. The van der Waals surface area contributed by atoms with E-state index in [9.17, 15) is 14.4 Å². The Morgan fingerprint density at radius 2 is 1.62 bits per heavy atom. The predicted molar refractivity (Wildman–Crippen MR) is 241 cm³/mol. The fourth-order valence-corrected chi connectivity index (χ4v) is 9.22. The highest BCUT2D eigenvalue weighted by molar-refractivity contribution is 6.02. The van der Waals surface area contributed by atoms with Gasteiger partial charge in [0.2, 0.25) is 17.7 Å². The number of piperidine rings is 2. The standard InChI is InChI=1S/C46H57N11O4.CH2O2/c1-28(2)57-45-40(44(47)49-27-50-45)41(53-57)42-39(43(61-54-42)31-9-10-31)35-16-13-32(24-48-35)33-25-56(26-33)38(59)8-6-4-3-5-7-21-55-22-19-30(20-23-55)29-11-14-34(15-12-29)51-36-17-18-37(58)52-46(36)60;2-1-3/h11-16,24,27-28,30-31,33,36,51H,3-10,17-23,25-26H2,1-2H3,(H2,47,49,50)(H,52,58,60);1H,(H,2,3). The number of rotatable bonds is 16. The van der Waals surface area contributed by atoms with E-state index in [2.05, 4.69) is 74.8 Å². The number of fused-ring (bicyclic) bond motifs is 1. The van der Waals surface area contributed by atoms with Crippen LogP contribution < -0.4 is 16.4 Å². The number of nitrogens with two attached hydrogens (primary N) is 1. The lowest BCUT2D eigenvalue weighted by Crippen LogP contribution is -2.48. The molecule has 7 heterocycles. The van der Waals surface area contributed by atoms with Crippen LogP contribution in [0.15, 0.2) is 53.4 Å². The van der Waals surface area contributed by atoms with Crippen molar-refractivity contribution in [2.24, 2.45) is 0 Å². The third kappa shape index (κ3) is 10.1. The molecule has 4 aromatic heterocycles. The lowest BCUT2D eigenvalue weighted by Gasteiger charge is -2.39. The second-order valence-electron chi connectivity index (χ2n) is 17.9. The zero-order valence-electron chi connectivity index (χ0n) is 36.7.